The van der Waals surface area contributed by atoms with Crippen LogP contribution in [0.4, 0.5) is 5.69 Å². The second-order valence-corrected chi connectivity index (χ2v) is 6.61. The van der Waals surface area contributed by atoms with E-state index in [1.165, 1.54) is 0 Å². The van der Waals surface area contributed by atoms with E-state index in [2.05, 4.69) is 28.7 Å². The van der Waals surface area contributed by atoms with E-state index >= 15 is 0 Å². The van der Waals surface area contributed by atoms with E-state index in [1.54, 1.807) is 0 Å². The standard InChI is InChI=1S/C6H3Cl2N.C5H10.Mo/c7-4-2-1-3-5(8)6(4)9;1-5(2,3)4;/h1-3H;1H,2-4H3;/q;;+2. The molecule has 0 radical (unpaired) electrons. The average Bonchev–Trinajstić information content (AvgIpc) is 2.08. The molecule has 0 spiro atoms. The summed E-state index contributed by atoms with van der Waals surface area (Å²) in [5, 5.41) is 1.27. The predicted octanol–water partition coefficient (Wildman–Crippen LogP) is 4.74. The predicted molar refractivity (Wildman–Crippen MR) is 64.1 cm³/mol. The third-order valence-electron chi connectivity index (χ3n) is 1.49. The van der Waals surface area contributed by atoms with Crippen molar-refractivity contribution in [1.82, 2.24) is 0 Å². The van der Waals surface area contributed by atoms with E-state index in [9.17, 15) is 0 Å². The first kappa shape index (κ1) is 13.2. The van der Waals surface area contributed by atoms with Gasteiger partial charge in [0.1, 0.15) is 0 Å². The maximum absolute atomic E-state index is 6.01. The van der Waals surface area contributed by atoms with Gasteiger partial charge >= 0.3 is 109 Å². The molecule has 0 saturated heterocycles. The molecule has 0 fully saturated rings. The number of rotatable bonds is 1. The van der Waals surface area contributed by atoms with Crippen molar-refractivity contribution in [3.8, 4) is 0 Å². The van der Waals surface area contributed by atoms with Gasteiger partial charge in [0.05, 0.1) is 0 Å². The molecule has 0 aliphatic rings. The second kappa shape index (κ2) is 5.48. The molecule has 80 valence electrons. The molecule has 0 aromatic heterocycles. The molecule has 0 aliphatic heterocycles. The molecule has 0 atom stereocenters. The quantitative estimate of drug-likeness (QED) is 0.661. The summed E-state index contributed by atoms with van der Waals surface area (Å²) in [4.78, 5) is 0. The van der Waals surface area contributed by atoms with Crippen LogP contribution >= 0.6 is 23.2 Å². The van der Waals surface area contributed by atoms with E-state index in [-0.39, 0.29) is 5.41 Å². The van der Waals surface area contributed by atoms with Crippen LogP contribution in [0.2, 0.25) is 10.0 Å². The van der Waals surface area contributed by atoms with Crippen molar-refractivity contribution in [2.75, 3.05) is 0 Å². The Kier molecular flexibility index (Phi) is 4.83. The fourth-order valence-electron chi connectivity index (χ4n) is 0.813. The summed E-state index contributed by atoms with van der Waals surface area (Å²) < 4.78 is 6.76. The van der Waals surface area contributed by atoms with E-state index < -0.39 is 17.9 Å². The van der Waals surface area contributed by atoms with Crippen molar-refractivity contribution in [1.29, 1.82) is 0 Å². The van der Waals surface area contributed by atoms with Crippen LogP contribution < -0.4 is 0 Å². The summed E-state index contributed by atoms with van der Waals surface area (Å²) >= 11 is 11.5. The minimum absolute atomic E-state index is 0.222. The van der Waals surface area contributed by atoms with E-state index in [0.29, 0.717) is 10.0 Å². The summed E-state index contributed by atoms with van der Waals surface area (Å²) in [5.41, 5.74) is 0.961. The first-order valence-corrected chi connectivity index (χ1v) is 7.36. The van der Waals surface area contributed by atoms with Crippen LogP contribution in [-0.2, 0) is 17.9 Å². The molecule has 1 nitrogen and oxygen atoms in total. The fourth-order valence-corrected chi connectivity index (χ4v) is 3.21. The van der Waals surface area contributed by atoms with Gasteiger partial charge in [-0.1, -0.05) is 0 Å². The topological polar surface area (TPSA) is 12.4 Å². The molecule has 0 amide bonds. The third-order valence-corrected chi connectivity index (χ3v) is 4.80. The Hall–Kier alpha value is 0.158. The second-order valence-electron chi connectivity index (χ2n) is 4.25. The molecule has 15 heavy (non-hydrogen) atoms. The fraction of sp³-hybridized carbons (Fsp3) is 0.364. The first-order valence-electron chi connectivity index (χ1n) is 4.55. The van der Waals surface area contributed by atoms with E-state index in [4.69, 9.17) is 23.2 Å². The molecule has 0 saturated carbocycles. The van der Waals surface area contributed by atoms with Gasteiger partial charge in [-0.2, -0.15) is 0 Å². The first-order chi connectivity index (χ1) is 6.90. The average molecular weight is 326 g/mol. The summed E-state index contributed by atoms with van der Waals surface area (Å²) in [6.07, 6.45) is 0. The summed E-state index contributed by atoms with van der Waals surface area (Å²) in [7, 11) is 0. The van der Waals surface area contributed by atoms with Crippen LogP contribution in [0.5, 0.6) is 0 Å². The number of halogens is 2. The Labute approximate surface area is 109 Å². The van der Waals surface area contributed by atoms with Gasteiger partial charge in [-0.3, -0.25) is 0 Å². The van der Waals surface area contributed by atoms with Crippen molar-refractivity contribution in [2.45, 2.75) is 20.8 Å². The number of benzene rings is 1. The van der Waals surface area contributed by atoms with Gasteiger partial charge in [0.15, 0.2) is 0 Å². The molecule has 1 aromatic rings. The molecule has 0 bridgehead atoms. The Bertz CT molecular complexity index is 395. The van der Waals surface area contributed by atoms with Crippen LogP contribution in [0.15, 0.2) is 21.7 Å². The van der Waals surface area contributed by atoms with Crippen LogP contribution in [-0.4, -0.2) is 4.40 Å². The van der Waals surface area contributed by atoms with Gasteiger partial charge in [0, 0.05) is 0 Å². The van der Waals surface area contributed by atoms with Gasteiger partial charge in [-0.05, 0) is 0 Å². The molecule has 0 unspecified atom stereocenters. The van der Waals surface area contributed by atoms with E-state index in [1.807, 2.05) is 18.2 Å². The van der Waals surface area contributed by atoms with Gasteiger partial charge in [-0.15, -0.1) is 0 Å². The molecule has 0 N–H and O–H groups in total. The molecule has 0 heterocycles. The summed E-state index contributed by atoms with van der Waals surface area (Å²) in [5.74, 6) is 0. The molecule has 1 rings (SSSR count). The van der Waals surface area contributed by atoms with Crippen LogP contribution in [0, 0.1) is 5.41 Å². The molecular formula is C11H13Cl2MoN+2. The molecule has 4 heteroatoms. The molecule has 0 aliphatic carbocycles. The van der Waals surface area contributed by atoms with Crippen molar-refractivity contribution in [3.05, 3.63) is 28.2 Å². The number of hydrogen-bond acceptors (Lipinski definition) is 1. The number of nitrogens with zero attached hydrogens (tertiary/aromatic N) is 1. The summed E-state index contributed by atoms with van der Waals surface area (Å²) in [6.45, 7) is 6.50. The van der Waals surface area contributed by atoms with Gasteiger partial charge in [-0.25, -0.2) is 0 Å². The van der Waals surface area contributed by atoms with Crippen molar-refractivity contribution in [2.24, 2.45) is 8.91 Å². The van der Waals surface area contributed by atoms with Gasteiger partial charge in [0.25, 0.3) is 0 Å². The van der Waals surface area contributed by atoms with Crippen molar-refractivity contribution < 1.29 is 17.9 Å². The SMILES string of the molecule is CC(C)(C)[CH]=[Mo+2]=[N]c1c(Cl)cccc1Cl. The van der Waals surface area contributed by atoms with Crippen molar-refractivity contribution in [3.63, 3.8) is 0 Å². The third kappa shape index (κ3) is 4.68. The number of hydrogen-bond donors (Lipinski definition) is 0. The van der Waals surface area contributed by atoms with Crippen molar-refractivity contribution >= 4 is 33.3 Å². The Morgan fingerprint density at radius 2 is 1.73 bits per heavy atom. The Balaban J connectivity index is 3.05. The van der Waals surface area contributed by atoms with Crippen LogP contribution in [0.1, 0.15) is 20.8 Å². The zero-order chi connectivity index (χ0) is 11.5. The minimum atomic E-state index is -0.524. The van der Waals surface area contributed by atoms with Crippen LogP contribution in [0.3, 0.4) is 0 Å². The Morgan fingerprint density at radius 1 is 1.20 bits per heavy atom. The zero-order valence-corrected chi connectivity index (χ0v) is 12.4. The normalized spacial score (nSPS) is 10.7. The zero-order valence-electron chi connectivity index (χ0n) is 8.92. The van der Waals surface area contributed by atoms with E-state index in [0.717, 1.165) is 5.69 Å². The molecule has 1 aromatic carbocycles. The Morgan fingerprint density at radius 3 is 2.20 bits per heavy atom. The van der Waals surface area contributed by atoms with Gasteiger partial charge in [0.2, 0.25) is 0 Å². The monoisotopic (exact) mass is 327 g/mol. The summed E-state index contributed by atoms with van der Waals surface area (Å²) in [6, 6.07) is 5.46. The van der Waals surface area contributed by atoms with Gasteiger partial charge < -0.3 is 0 Å². The maximum atomic E-state index is 6.01. The molecular weight excluding hydrogens is 313 g/mol. The van der Waals surface area contributed by atoms with Crippen LogP contribution in [0.25, 0.3) is 0 Å².